The van der Waals surface area contributed by atoms with Crippen LogP contribution in [0.1, 0.15) is 45.4 Å². The van der Waals surface area contributed by atoms with E-state index in [0.29, 0.717) is 18.4 Å². The Bertz CT molecular complexity index is 690. The summed E-state index contributed by atoms with van der Waals surface area (Å²) in [6.07, 6.45) is 6.32. The number of benzene rings is 1. The van der Waals surface area contributed by atoms with Crippen LogP contribution in [-0.2, 0) is 14.3 Å². The third-order valence-electron chi connectivity index (χ3n) is 6.43. The molecule has 1 aromatic rings. The second-order valence-corrected chi connectivity index (χ2v) is 10.1. The lowest BCUT2D eigenvalue weighted by molar-refractivity contribution is -0.171. The van der Waals surface area contributed by atoms with E-state index in [1.807, 2.05) is 37.3 Å². The number of halogens is 1. The lowest BCUT2D eigenvalue weighted by Crippen LogP contribution is -2.56. The first-order valence-electron chi connectivity index (χ1n) is 9.65. The summed E-state index contributed by atoms with van der Waals surface area (Å²) < 4.78 is 5.70. The van der Waals surface area contributed by atoms with Gasteiger partial charge in [0.25, 0.3) is 5.91 Å². The van der Waals surface area contributed by atoms with Gasteiger partial charge < -0.3 is 9.64 Å². The second kappa shape index (κ2) is 6.66. The fourth-order valence-electron chi connectivity index (χ4n) is 5.86. The third-order valence-corrected chi connectivity index (χ3v) is 7.36. The highest BCUT2D eigenvalue weighted by atomic mass is 79.9. The van der Waals surface area contributed by atoms with Crippen LogP contribution in [0.4, 0.5) is 5.69 Å². The fraction of sp³-hybridized carbons (Fsp3) is 0.619. The van der Waals surface area contributed by atoms with Crippen molar-refractivity contribution < 1.29 is 14.3 Å². The summed E-state index contributed by atoms with van der Waals surface area (Å²) in [6.45, 7) is 2.31. The van der Waals surface area contributed by atoms with Crippen molar-refractivity contribution in [2.24, 2.45) is 17.3 Å². The van der Waals surface area contributed by atoms with Gasteiger partial charge in [0.2, 0.25) is 0 Å². The molecule has 0 spiro atoms. The van der Waals surface area contributed by atoms with Gasteiger partial charge in [0.05, 0.1) is 5.41 Å². The zero-order valence-electron chi connectivity index (χ0n) is 15.2. The Morgan fingerprint density at radius 1 is 1.15 bits per heavy atom. The van der Waals surface area contributed by atoms with Crippen LogP contribution in [0.5, 0.6) is 0 Å². The molecule has 140 valence electrons. The standard InChI is InChI=1S/C21H26BrNO3/c1-2-23(17-6-4-3-5-7-17)18(24)13-26-19(25)20-9-15-8-16(10-20)12-21(22,11-15)14-20/h3-7,15-16H,2,8-14H2,1H3/t15-,16+,20?,21?. The molecule has 0 saturated heterocycles. The van der Waals surface area contributed by atoms with Crippen LogP contribution in [0.2, 0.25) is 0 Å². The number of amides is 1. The Morgan fingerprint density at radius 3 is 2.38 bits per heavy atom. The van der Waals surface area contributed by atoms with Gasteiger partial charge in [-0.2, -0.15) is 0 Å². The van der Waals surface area contributed by atoms with Crippen LogP contribution in [0.3, 0.4) is 0 Å². The average Bonchev–Trinajstić information content (AvgIpc) is 2.59. The number of para-hydroxylation sites is 1. The number of nitrogens with zero attached hydrogens (tertiary/aromatic N) is 1. The van der Waals surface area contributed by atoms with Crippen molar-refractivity contribution in [3.63, 3.8) is 0 Å². The number of esters is 1. The van der Waals surface area contributed by atoms with E-state index in [1.165, 1.54) is 19.3 Å². The molecular formula is C21H26BrNO3. The lowest BCUT2D eigenvalue weighted by atomic mass is 9.49. The van der Waals surface area contributed by atoms with E-state index in [4.69, 9.17) is 4.74 Å². The van der Waals surface area contributed by atoms with Gasteiger partial charge in [-0.1, -0.05) is 34.1 Å². The summed E-state index contributed by atoms with van der Waals surface area (Å²) in [5.41, 5.74) is 0.461. The van der Waals surface area contributed by atoms with Gasteiger partial charge in [-0.15, -0.1) is 0 Å². The van der Waals surface area contributed by atoms with Gasteiger partial charge in [-0.3, -0.25) is 9.59 Å². The highest BCUT2D eigenvalue weighted by Gasteiger charge is 2.60. The maximum Gasteiger partial charge on any atom is 0.312 e. The van der Waals surface area contributed by atoms with Crippen LogP contribution in [0.25, 0.3) is 0 Å². The number of hydrogen-bond acceptors (Lipinski definition) is 3. The molecule has 0 radical (unpaired) electrons. The Morgan fingerprint density at radius 2 is 1.81 bits per heavy atom. The predicted octanol–water partition coefficient (Wildman–Crippen LogP) is 4.32. The molecule has 4 atom stereocenters. The highest BCUT2D eigenvalue weighted by molar-refractivity contribution is 9.10. The first-order chi connectivity index (χ1) is 12.4. The van der Waals surface area contributed by atoms with Crippen LogP contribution in [0, 0.1) is 17.3 Å². The number of alkyl halides is 1. The van der Waals surface area contributed by atoms with Crippen molar-refractivity contribution in [1.82, 2.24) is 0 Å². The van der Waals surface area contributed by atoms with Crippen LogP contribution in [0.15, 0.2) is 30.3 Å². The van der Waals surface area contributed by atoms with Crippen molar-refractivity contribution >= 4 is 33.5 Å². The van der Waals surface area contributed by atoms with Crippen molar-refractivity contribution in [3.8, 4) is 0 Å². The Balaban J connectivity index is 1.42. The first kappa shape index (κ1) is 18.0. The molecule has 0 aliphatic heterocycles. The summed E-state index contributed by atoms with van der Waals surface area (Å²) in [7, 11) is 0. The smallest absolute Gasteiger partial charge is 0.312 e. The number of ether oxygens (including phenoxy) is 1. The van der Waals surface area contributed by atoms with E-state index in [2.05, 4.69) is 15.9 Å². The topological polar surface area (TPSA) is 46.6 Å². The number of carbonyl (C=O) groups excluding carboxylic acids is 2. The van der Waals surface area contributed by atoms with Crippen molar-refractivity contribution in [3.05, 3.63) is 30.3 Å². The van der Waals surface area contributed by atoms with E-state index < -0.39 is 0 Å². The molecule has 0 aromatic heterocycles. The van der Waals surface area contributed by atoms with Gasteiger partial charge in [0.1, 0.15) is 0 Å². The quantitative estimate of drug-likeness (QED) is 0.527. The number of hydrogen-bond donors (Lipinski definition) is 0. The van der Waals surface area contributed by atoms with Crippen molar-refractivity contribution in [2.75, 3.05) is 18.1 Å². The Hall–Kier alpha value is -1.36. The van der Waals surface area contributed by atoms with Gasteiger partial charge in [-0.05, 0) is 69.4 Å². The molecule has 1 aromatic carbocycles. The number of rotatable bonds is 5. The molecule has 4 aliphatic carbocycles. The van der Waals surface area contributed by atoms with Gasteiger partial charge in [0.15, 0.2) is 6.61 Å². The van der Waals surface area contributed by atoms with Crippen LogP contribution in [-0.4, -0.2) is 29.4 Å². The Kier molecular flexibility index (Phi) is 4.62. The van der Waals surface area contributed by atoms with E-state index in [9.17, 15) is 9.59 Å². The monoisotopic (exact) mass is 419 g/mol. The molecule has 2 unspecified atom stereocenters. The highest BCUT2D eigenvalue weighted by Crippen LogP contribution is 2.64. The average molecular weight is 420 g/mol. The largest absolute Gasteiger partial charge is 0.455 e. The SMILES string of the molecule is CCN(C(=O)COC(=O)C12C[C@@H]3C[C@@H](CC(Br)(C3)C1)C2)c1ccccc1. The van der Waals surface area contributed by atoms with Crippen LogP contribution < -0.4 is 4.90 Å². The molecule has 4 saturated carbocycles. The lowest BCUT2D eigenvalue weighted by Gasteiger charge is -2.58. The molecule has 5 heteroatoms. The van der Waals surface area contributed by atoms with Gasteiger partial charge in [0, 0.05) is 16.6 Å². The van der Waals surface area contributed by atoms with Gasteiger partial charge in [-0.25, -0.2) is 0 Å². The zero-order chi connectivity index (χ0) is 18.4. The zero-order valence-corrected chi connectivity index (χ0v) is 16.8. The predicted molar refractivity (Wildman–Crippen MR) is 104 cm³/mol. The molecule has 4 nitrogen and oxygen atoms in total. The van der Waals surface area contributed by atoms with Crippen molar-refractivity contribution in [2.45, 2.75) is 49.8 Å². The number of anilines is 1. The van der Waals surface area contributed by atoms with E-state index in [0.717, 1.165) is 24.9 Å². The molecule has 0 heterocycles. The summed E-state index contributed by atoms with van der Waals surface area (Å²) in [5.74, 6) is 0.920. The summed E-state index contributed by atoms with van der Waals surface area (Å²) in [6, 6.07) is 9.53. The molecule has 1 amide bonds. The molecule has 4 aliphatic rings. The molecular weight excluding hydrogens is 394 g/mol. The van der Waals surface area contributed by atoms with E-state index in [1.54, 1.807) is 4.90 Å². The first-order valence-corrected chi connectivity index (χ1v) is 10.4. The normalized spacial score (nSPS) is 34.5. The summed E-state index contributed by atoms with van der Waals surface area (Å²) in [4.78, 5) is 27.3. The van der Waals surface area contributed by atoms with E-state index in [-0.39, 0.29) is 28.2 Å². The minimum absolute atomic E-state index is 0.111. The van der Waals surface area contributed by atoms with E-state index >= 15 is 0 Å². The summed E-state index contributed by atoms with van der Waals surface area (Å²) in [5, 5.41) is 0. The maximum atomic E-state index is 13.0. The molecule has 26 heavy (non-hydrogen) atoms. The molecule has 4 bridgehead atoms. The number of likely N-dealkylation sites (N-methyl/N-ethyl adjacent to an activating group) is 1. The summed E-state index contributed by atoms with van der Waals surface area (Å²) >= 11 is 3.92. The molecule has 0 N–H and O–H groups in total. The fourth-order valence-corrected chi connectivity index (χ4v) is 7.31. The van der Waals surface area contributed by atoms with Gasteiger partial charge >= 0.3 is 5.97 Å². The minimum Gasteiger partial charge on any atom is -0.455 e. The third kappa shape index (κ3) is 3.19. The Labute approximate surface area is 163 Å². The maximum absolute atomic E-state index is 13.0. The van der Waals surface area contributed by atoms with Crippen molar-refractivity contribution in [1.29, 1.82) is 0 Å². The molecule has 5 rings (SSSR count). The van der Waals surface area contributed by atoms with Crippen LogP contribution >= 0.6 is 15.9 Å². The number of carbonyl (C=O) groups is 2. The molecule has 4 fully saturated rings. The minimum atomic E-state index is -0.377. The second-order valence-electron chi connectivity index (χ2n) is 8.44.